The number of primary amides is 1. The van der Waals surface area contributed by atoms with Crippen LogP contribution in [0.5, 0.6) is 0 Å². The molecule has 96 valence electrons. The molecule has 19 heavy (non-hydrogen) atoms. The van der Waals surface area contributed by atoms with Crippen molar-refractivity contribution in [1.29, 1.82) is 0 Å². The molecule has 0 radical (unpaired) electrons. The van der Waals surface area contributed by atoms with Crippen LogP contribution in [0.15, 0.2) is 48.5 Å². The Labute approximate surface area is 111 Å². The topological polar surface area (TPSA) is 58.4 Å². The molecule has 0 unspecified atom stereocenters. The van der Waals surface area contributed by atoms with E-state index in [1.54, 1.807) is 5.01 Å². The molecule has 1 aliphatic rings. The molecule has 0 bridgehead atoms. The van der Waals surface area contributed by atoms with Gasteiger partial charge in [0.15, 0.2) is 0 Å². The maximum Gasteiger partial charge on any atom is 0.331 e. The molecule has 4 heteroatoms. The van der Waals surface area contributed by atoms with Crippen molar-refractivity contribution < 1.29 is 4.79 Å². The van der Waals surface area contributed by atoms with Crippen LogP contribution in [0, 0.1) is 0 Å². The van der Waals surface area contributed by atoms with Crippen molar-refractivity contribution in [3.8, 4) is 0 Å². The van der Waals surface area contributed by atoms with Gasteiger partial charge in [0.25, 0.3) is 0 Å². The van der Waals surface area contributed by atoms with Crippen molar-refractivity contribution in [2.24, 2.45) is 5.73 Å². The van der Waals surface area contributed by atoms with E-state index in [1.165, 1.54) is 11.1 Å². The minimum Gasteiger partial charge on any atom is -0.350 e. The number of rotatable bonds is 1. The van der Waals surface area contributed by atoms with Gasteiger partial charge < -0.3 is 5.73 Å². The number of nitrogens with zero attached hydrogens (tertiary/aromatic N) is 1. The largest absolute Gasteiger partial charge is 0.350 e. The minimum absolute atomic E-state index is 0.563. The number of hydrogen-bond acceptors (Lipinski definition) is 2. The predicted molar refractivity (Wildman–Crippen MR) is 75.2 cm³/mol. The van der Waals surface area contributed by atoms with Crippen LogP contribution in [0.25, 0.3) is 0 Å². The van der Waals surface area contributed by atoms with Gasteiger partial charge in [-0.3, -0.25) is 5.01 Å². The normalized spacial score (nSPS) is 13.2. The van der Waals surface area contributed by atoms with Crippen LogP contribution in [0.2, 0.25) is 0 Å². The molecule has 0 aromatic heterocycles. The van der Waals surface area contributed by atoms with Crippen LogP contribution < -0.4 is 16.2 Å². The van der Waals surface area contributed by atoms with Crippen LogP contribution in [-0.2, 0) is 12.8 Å². The maximum atomic E-state index is 11.3. The van der Waals surface area contributed by atoms with Crippen LogP contribution in [-0.4, -0.2) is 6.03 Å². The van der Waals surface area contributed by atoms with Crippen LogP contribution in [0.4, 0.5) is 16.2 Å². The number of anilines is 2. The van der Waals surface area contributed by atoms with E-state index in [2.05, 4.69) is 17.6 Å². The number of para-hydroxylation sites is 2. The van der Waals surface area contributed by atoms with Gasteiger partial charge in [-0.1, -0.05) is 36.4 Å². The van der Waals surface area contributed by atoms with E-state index in [1.807, 2.05) is 36.4 Å². The summed E-state index contributed by atoms with van der Waals surface area (Å²) in [5.74, 6) is 0. The van der Waals surface area contributed by atoms with E-state index >= 15 is 0 Å². The zero-order valence-electron chi connectivity index (χ0n) is 10.5. The smallest absolute Gasteiger partial charge is 0.331 e. The summed E-state index contributed by atoms with van der Waals surface area (Å²) >= 11 is 0. The molecule has 2 amide bonds. The summed E-state index contributed by atoms with van der Waals surface area (Å²) in [5.41, 5.74) is 12.4. The Hall–Kier alpha value is -2.49. The van der Waals surface area contributed by atoms with E-state index in [0.29, 0.717) is 0 Å². The van der Waals surface area contributed by atoms with Gasteiger partial charge in [0.05, 0.1) is 11.4 Å². The third-order valence-electron chi connectivity index (χ3n) is 3.35. The number of aryl methyl sites for hydroxylation is 2. The number of hydrogen-bond donors (Lipinski definition) is 2. The fourth-order valence-electron chi connectivity index (χ4n) is 2.51. The molecule has 1 aliphatic heterocycles. The molecule has 0 aliphatic carbocycles. The SMILES string of the molecule is NC(=O)NN1c2ccccc2CCc2ccccc21. The van der Waals surface area contributed by atoms with Crippen LogP contribution in [0.1, 0.15) is 11.1 Å². The van der Waals surface area contributed by atoms with E-state index < -0.39 is 6.03 Å². The Morgan fingerprint density at radius 2 is 1.42 bits per heavy atom. The zero-order valence-corrected chi connectivity index (χ0v) is 10.5. The number of carbonyl (C=O) groups is 1. The Balaban J connectivity index is 2.16. The van der Waals surface area contributed by atoms with Crippen LogP contribution in [0.3, 0.4) is 0 Å². The molecule has 0 saturated carbocycles. The van der Waals surface area contributed by atoms with E-state index in [0.717, 1.165) is 24.2 Å². The predicted octanol–water partition coefficient (Wildman–Crippen LogP) is 2.51. The number of benzene rings is 2. The van der Waals surface area contributed by atoms with Gasteiger partial charge in [-0.05, 0) is 36.1 Å². The number of amides is 2. The number of nitrogens with one attached hydrogen (secondary N) is 1. The van der Waals surface area contributed by atoms with Crippen molar-refractivity contribution >= 4 is 17.4 Å². The molecule has 2 aromatic carbocycles. The number of fused-ring (bicyclic) bond motifs is 2. The Morgan fingerprint density at radius 1 is 0.947 bits per heavy atom. The lowest BCUT2D eigenvalue weighted by Crippen LogP contribution is -2.42. The van der Waals surface area contributed by atoms with Crippen molar-refractivity contribution in [3.05, 3.63) is 59.7 Å². The molecule has 0 saturated heterocycles. The second kappa shape index (κ2) is 4.65. The summed E-state index contributed by atoms with van der Waals surface area (Å²) < 4.78 is 0. The number of carbonyl (C=O) groups excluding carboxylic acids is 1. The minimum atomic E-state index is -0.563. The highest BCUT2D eigenvalue weighted by molar-refractivity contribution is 5.80. The van der Waals surface area contributed by atoms with Gasteiger partial charge in [0.2, 0.25) is 0 Å². The molecular weight excluding hydrogens is 238 g/mol. The maximum absolute atomic E-state index is 11.3. The molecule has 3 rings (SSSR count). The van der Waals surface area contributed by atoms with Gasteiger partial charge in [-0.2, -0.15) is 0 Å². The lowest BCUT2D eigenvalue weighted by Gasteiger charge is -2.26. The van der Waals surface area contributed by atoms with Crippen molar-refractivity contribution in [2.45, 2.75) is 12.8 Å². The first-order valence-electron chi connectivity index (χ1n) is 6.28. The summed E-state index contributed by atoms with van der Waals surface area (Å²) in [6, 6.07) is 15.5. The average molecular weight is 253 g/mol. The number of urea groups is 1. The molecule has 2 aromatic rings. The summed E-state index contributed by atoms with van der Waals surface area (Å²) in [6.45, 7) is 0. The first kappa shape index (κ1) is 11.6. The van der Waals surface area contributed by atoms with Gasteiger partial charge in [0, 0.05) is 0 Å². The van der Waals surface area contributed by atoms with Gasteiger partial charge >= 0.3 is 6.03 Å². The molecular formula is C15H15N3O. The first-order valence-corrected chi connectivity index (χ1v) is 6.28. The lowest BCUT2D eigenvalue weighted by molar-refractivity contribution is 0.249. The Kier molecular flexibility index (Phi) is 2.83. The van der Waals surface area contributed by atoms with E-state index in [4.69, 9.17) is 5.73 Å². The van der Waals surface area contributed by atoms with E-state index in [-0.39, 0.29) is 0 Å². The molecule has 0 spiro atoms. The lowest BCUT2D eigenvalue weighted by atomic mass is 10.0. The van der Waals surface area contributed by atoms with Crippen molar-refractivity contribution in [2.75, 3.05) is 5.01 Å². The van der Waals surface area contributed by atoms with Gasteiger partial charge in [-0.25, -0.2) is 10.2 Å². The fourth-order valence-corrected chi connectivity index (χ4v) is 2.51. The monoisotopic (exact) mass is 253 g/mol. The van der Waals surface area contributed by atoms with Crippen molar-refractivity contribution in [1.82, 2.24) is 5.43 Å². The Bertz CT molecular complexity index is 577. The third-order valence-corrected chi connectivity index (χ3v) is 3.35. The zero-order chi connectivity index (χ0) is 13.2. The molecule has 1 heterocycles. The summed E-state index contributed by atoms with van der Waals surface area (Å²) in [5, 5.41) is 1.78. The Morgan fingerprint density at radius 3 is 1.89 bits per heavy atom. The number of hydrazine groups is 1. The second-order valence-corrected chi connectivity index (χ2v) is 4.57. The van der Waals surface area contributed by atoms with E-state index in [9.17, 15) is 4.79 Å². The van der Waals surface area contributed by atoms with Crippen molar-refractivity contribution in [3.63, 3.8) is 0 Å². The highest BCUT2D eigenvalue weighted by Gasteiger charge is 2.20. The molecule has 3 N–H and O–H groups in total. The summed E-state index contributed by atoms with van der Waals surface area (Å²) in [4.78, 5) is 11.3. The average Bonchev–Trinajstić information content (AvgIpc) is 2.57. The highest BCUT2D eigenvalue weighted by Crippen LogP contribution is 2.34. The summed E-state index contributed by atoms with van der Waals surface area (Å²) in [7, 11) is 0. The summed E-state index contributed by atoms with van der Waals surface area (Å²) in [6.07, 6.45) is 1.90. The molecule has 0 atom stereocenters. The standard InChI is InChI=1S/C15H15N3O/c16-15(19)17-18-13-7-3-1-5-11(13)9-10-12-6-2-4-8-14(12)18/h1-8H,9-10H2,(H3,16,17,19). The molecule has 0 fully saturated rings. The quantitative estimate of drug-likeness (QED) is 0.820. The van der Waals surface area contributed by atoms with Gasteiger partial charge in [-0.15, -0.1) is 0 Å². The second-order valence-electron chi connectivity index (χ2n) is 4.57. The fraction of sp³-hybridized carbons (Fsp3) is 0.133. The molecule has 4 nitrogen and oxygen atoms in total. The third kappa shape index (κ3) is 2.12. The number of nitrogens with two attached hydrogens (primary N) is 1. The van der Waals surface area contributed by atoms with Crippen LogP contribution >= 0.6 is 0 Å². The first-order chi connectivity index (χ1) is 9.25. The van der Waals surface area contributed by atoms with Gasteiger partial charge in [0.1, 0.15) is 0 Å². The highest BCUT2D eigenvalue weighted by atomic mass is 16.2.